The summed E-state index contributed by atoms with van der Waals surface area (Å²) in [5.74, 6) is -1.21. The van der Waals surface area contributed by atoms with Crippen molar-refractivity contribution in [3.63, 3.8) is 0 Å². The third-order valence-corrected chi connectivity index (χ3v) is 1.66. The van der Waals surface area contributed by atoms with E-state index < -0.39 is 37.6 Å². The van der Waals surface area contributed by atoms with Crippen molar-refractivity contribution in [3.05, 3.63) is 42.5 Å². The first-order chi connectivity index (χ1) is 7.34. The largest absolute Gasteiger partial charge is 0.497 e. The Balaban J connectivity index is 0.00000256. The van der Waals surface area contributed by atoms with Crippen molar-refractivity contribution in [3.8, 4) is 5.75 Å². The molecule has 17 heavy (non-hydrogen) atoms. The fraction of sp³-hybridized carbons (Fsp3) is 0. The topological polar surface area (TPSA) is 150 Å². The number of phenols is 1. The predicted octanol–water partition coefficient (Wildman–Crippen LogP) is 0.201. The lowest BCUT2D eigenvalue weighted by Crippen LogP contribution is -1.97. The predicted molar refractivity (Wildman–Crippen MR) is 56.6 cm³/mol. The molecular weight excluding hydrogens is 250 g/mol. The fourth-order valence-electron chi connectivity index (χ4n) is 0.974. The van der Waals surface area contributed by atoms with Crippen LogP contribution in [0.2, 0.25) is 0 Å². The SMILES string of the molecule is O=[N+]([O-])c1cc([N+](=O)[O-])c(O)c([N+](=O)[O-])c1.[MgH2]. The van der Waals surface area contributed by atoms with Gasteiger partial charge in [0.15, 0.2) is 0 Å². The zero-order chi connectivity index (χ0) is 12.5. The Bertz CT molecular complexity index is 467. The Morgan fingerprint density at radius 2 is 1.24 bits per heavy atom. The van der Waals surface area contributed by atoms with Crippen molar-refractivity contribution in [1.82, 2.24) is 0 Å². The van der Waals surface area contributed by atoms with Crippen molar-refractivity contribution in [2.75, 3.05) is 0 Å². The molecule has 0 amide bonds. The molecule has 10 nitrogen and oxygen atoms in total. The first-order valence-corrected chi connectivity index (χ1v) is 3.64. The van der Waals surface area contributed by atoms with Crippen LogP contribution in [0.4, 0.5) is 17.1 Å². The Morgan fingerprint density at radius 1 is 0.882 bits per heavy atom. The number of hydrogen-bond donors (Lipinski definition) is 1. The van der Waals surface area contributed by atoms with E-state index in [2.05, 4.69) is 0 Å². The molecule has 0 fully saturated rings. The summed E-state index contributed by atoms with van der Waals surface area (Å²) < 4.78 is 0. The van der Waals surface area contributed by atoms with Gasteiger partial charge in [0.25, 0.3) is 11.4 Å². The summed E-state index contributed by atoms with van der Waals surface area (Å²) in [5, 5.41) is 40.2. The van der Waals surface area contributed by atoms with Crippen LogP contribution in [0.15, 0.2) is 12.1 Å². The van der Waals surface area contributed by atoms with Gasteiger partial charge in [-0.25, -0.2) is 0 Å². The number of nitro benzene ring substituents is 3. The highest BCUT2D eigenvalue weighted by atomic mass is 24.3. The third-order valence-electron chi connectivity index (χ3n) is 1.66. The number of rotatable bonds is 3. The second-order valence-corrected chi connectivity index (χ2v) is 2.60. The summed E-state index contributed by atoms with van der Waals surface area (Å²) in [7, 11) is 0. The van der Waals surface area contributed by atoms with E-state index in [0.717, 1.165) is 0 Å². The molecule has 0 radical (unpaired) electrons. The average Bonchev–Trinajstić information content (AvgIpc) is 2.16. The lowest BCUT2D eigenvalue weighted by molar-refractivity contribution is -0.404. The molecular formula is C6H5MgN3O7. The van der Waals surface area contributed by atoms with E-state index in [4.69, 9.17) is 5.11 Å². The van der Waals surface area contributed by atoms with Crippen LogP contribution in [0.3, 0.4) is 0 Å². The van der Waals surface area contributed by atoms with E-state index in [0.29, 0.717) is 12.1 Å². The highest BCUT2D eigenvalue weighted by molar-refractivity contribution is 5.75. The molecule has 0 bridgehead atoms. The number of nitro groups is 3. The van der Waals surface area contributed by atoms with Gasteiger partial charge in [0.05, 0.1) is 26.9 Å². The van der Waals surface area contributed by atoms with Crippen LogP contribution in [-0.2, 0) is 0 Å². The monoisotopic (exact) mass is 255 g/mol. The summed E-state index contributed by atoms with van der Waals surface area (Å²) in [5.41, 5.74) is -3.00. The van der Waals surface area contributed by atoms with Crippen LogP contribution < -0.4 is 0 Å². The van der Waals surface area contributed by atoms with E-state index >= 15 is 0 Å². The molecule has 0 saturated heterocycles. The first kappa shape index (κ1) is 15.0. The van der Waals surface area contributed by atoms with Crippen molar-refractivity contribution in [2.45, 2.75) is 0 Å². The third kappa shape index (κ3) is 2.98. The molecule has 1 aromatic carbocycles. The molecule has 88 valence electrons. The Labute approximate surface area is 108 Å². The van der Waals surface area contributed by atoms with E-state index in [1.54, 1.807) is 0 Å². The Hall–Kier alpha value is -2.01. The fourth-order valence-corrected chi connectivity index (χ4v) is 0.974. The van der Waals surface area contributed by atoms with Crippen molar-refractivity contribution < 1.29 is 19.9 Å². The second-order valence-electron chi connectivity index (χ2n) is 2.60. The molecule has 0 atom stereocenters. The van der Waals surface area contributed by atoms with Crippen LogP contribution in [0.1, 0.15) is 0 Å². The lowest BCUT2D eigenvalue weighted by atomic mass is 10.2. The smallest absolute Gasteiger partial charge is 0.324 e. The molecule has 0 unspecified atom stereocenters. The first-order valence-electron chi connectivity index (χ1n) is 3.64. The van der Waals surface area contributed by atoms with E-state index in [1.807, 2.05) is 0 Å². The number of phenolic OH excluding ortho intramolecular Hbond substituents is 1. The number of aromatic hydroxyl groups is 1. The lowest BCUT2D eigenvalue weighted by Gasteiger charge is -1.97. The van der Waals surface area contributed by atoms with Gasteiger partial charge in [-0.3, -0.25) is 30.3 Å². The Kier molecular flexibility index (Phi) is 4.72. The van der Waals surface area contributed by atoms with Gasteiger partial charge < -0.3 is 5.11 Å². The summed E-state index contributed by atoms with van der Waals surface area (Å²) in [6.07, 6.45) is 0. The molecule has 1 aromatic rings. The number of non-ortho nitro benzene ring substituents is 1. The maximum absolute atomic E-state index is 10.4. The molecule has 0 heterocycles. The summed E-state index contributed by atoms with van der Waals surface area (Å²) in [6.45, 7) is 0. The molecule has 0 saturated carbocycles. The van der Waals surface area contributed by atoms with Gasteiger partial charge in [-0.15, -0.1) is 0 Å². The van der Waals surface area contributed by atoms with E-state index in [9.17, 15) is 30.3 Å². The van der Waals surface area contributed by atoms with Gasteiger partial charge >= 0.3 is 34.4 Å². The van der Waals surface area contributed by atoms with Gasteiger partial charge in [0, 0.05) is 0 Å². The van der Waals surface area contributed by atoms with Gasteiger partial charge in [-0.1, -0.05) is 0 Å². The van der Waals surface area contributed by atoms with Gasteiger partial charge in [-0.2, -0.15) is 0 Å². The minimum absolute atomic E-state index is 0. The standard InChI is InChI=1S/C6H3N3O7.Mg.2H/c10-6-4(8(13)14)1-3(7(11)12)2-5(6)9(15)16;;;/h1-2,10H;;;. The summed E-state index contributed by atoms with van der Waals surface area (Å²) in [4.78, 5) is 27.8. The number of nitrogens with zero attached hydrogens (tertiary/aromatic N) is 3. The van der Waals surface area contributed by atoms with Crippen LogP contribution in [0.25, 0.3) is 0 Å². The second kappa shape index (κ2) is 5.36. The number of benzene rings is 1. The maximum atomic E-state index is 10.4. The highest BCUT2D eigenvalue weighted by Crippen LogP contribution is 2.38. The van der Waals surface area contributed by atoms with Crippen molar-refractivity contribution >= 4 is 40.1 Å². The molecule has 1 N–H and O–H groups in total. The molecule has 0 spiro atoms. The molecule has 11 heteroatoms. The summed E-state index contributed by atoms with van der Waals surface area (Å²) >= 11 is 0. The van der Waals surface area contributed by atoms with Crippen LogP contribution in [0, 0.1) is 30.3 Å². The summed E-state index contributed by atoms with van der Waals surface area (Å²) in [6, 6.07) is 0.894. The zero-order valence-electron chi connectivity index (χ0n) is 7.39. The molecule has 0 aromatic heterocycles. The molecule has 0 aliphatic carbocycles. The average molecular weight is 255 g/mol. The molecule has 0 aliphatic heterocycles. The van der Waals surface area contributed by atoms with Gasteiger partial charge in [0.2, 0.25) is 0 Å². The minimum atomic E-state index is -1.21. The van der Waals surface area contributed by atoms with Crippen LogP contribution in [0.5, 0.6) is 5.75 Å². The zero-order valence-corrected chi connectivity index (χ0v) is 7.39. The van der Waals surface area contributed by atoms with Gasteiger partial charge in [0.1, 0.15) is 0 Å². The molecule has 0 aliphatic rings. The van der Waals surface area contributed by atoms with Crippen LogP contribution >= 0.6 is 0 Å². The minimum Gasteiger partial charge on any atom is -0.497 e. The number of hydrogen-bond acceptors (Lipinski definition) is 7. The Morgan fingerprint density at radius 3 is 1.47 bits per heavy atom. The van der Waals surface area contributed by atoms with Crippen LogP contribution in [-0.4, -0.2) is 42.9 Å². The van der Waals surface area contributed by atoms with E-state index in [-0.39, 0.29) is 23.1 Å². The van der Waals surface area contributed by atoms with E-state index in [1.165, 1.54) is 0 Å². The molecule has 1 rings (SSSR count). The highest BCUT2D eigenvalue weighted by Gasteiger charge is 2.29. The quantitative estimate of drug-likeness (QED) is 0.460. The van der Waals surface area contributed by atoms with Gasteiger partial charge in [-0.05, 0) is 0 Å². The maximum Gasteiger partial charge on any atom is 0.324 e. The van der Waals surface area contributed by atoms with Crippen molar-refractivity contribution in [2.24, 2.45) is 0 Å². The van der Waals surface area contributed by atoms with Crippen molar-refractivity contribution in [1.29, 1.82) is 0 Å². The normalized spacial score (nSPS) is 9.18.